The van der Waals surface area contributed by atoms with Crippen molar-refractivity contribution in [3.8, 4) is 11.3 Å². The molecular weight excluding hydrogens is 314 g/mol. The molecule has 1 aliphatic rings. The molecule has 0 unspecified atom stereocenters. The summed E-state index contributed by atoms with van der Waals surface area (Å²) in [6, 6.07) is 11.3. The van der Waals surface area contributed by atoms with Crippen molar-refractivity contribution in [2.24, 2.45) is 0 Å². The molecule has 0 bridgehead atoms. The van der Waals surface area contributed by atoms with Gasteiger partial charge in [-0.05, 0) is 53.3 Å². The van der Waals surface area contributed by atoms with Crippen LogP contribution in [0.5, 0.6) is 0 Å². The Kier molecular flexibility index (Phi) is 3.51. The van der Waals surface area contributed by atoms with E-state index in [1.54, 1.807) is 0 Å². The summed E-state index contributed by atoms with van der Waals surface area (Å²) in [5.41, 5.74) is 3.84. The van der Waals surface area contributed by atoms with Crippen LogP contribution in [-0.2, 0) is 6.42 Å². The number of fused-ring (bicyclic) bond motifs is 3. The van der Waals surface area contributed by atoms with Gasteiger partial charge in [0.2, 0.25) is 0 Å². The van der Waals surface area contributed by atoms with E-state index in [9.17, 15) is 0 Å². The first kappa shape index (κ1) is 14.9. The second kappa shape index (κ2) is 5.43. The van der Waals surface area contributed by atoms with E-state index in [0.29, 0.717) is 0 Å². The molecule has 1 aromatic carbocycles. The number of pyridine rings is 1. The highest BCUT2D eigenvalue weighted by molar-refractivity contribution is 7.20. The lowest BCUT2D eigenvalue weighted by Gasteiger charge is -2.16. The van der Waals surface area contributed by atoms with Crippen molar-refractivity contribution in [3.63, 3.8) is 0 Å². The number of hydrogen-bond donors (Lipinski definition) is 0. The zero-order valence-electron chi connectivity index (χ0n) is 13.9. The zero-order chi connectivity index (χ0) is 16.0. The number of rotatable bonds is 2. The van der Waals surface area contributed by atoms with Gasteiger partial charge in [0, 0.05) is 21.3 Å². The Morgan fingerprint density at radius 1 is 1.09 bits per heavy atom. The number of aryl methyl sites for hydroxylation is 1. The van der Waals surface area contributed by atoms with Gasteiger partial charge in [-0.1, -0.05) is 37.8 Å². The molecule has 0 saturated carbocycles. The van der Waals surface area contributed by atoms with Crippen LogP contribution in [0, 0.1) is 0 Å². The van der Waals surface area contributed by atoms with E-state index in [1.165, 1.54) is 31.3 Å². The SMILES string of the molecule is C[Si](C)(C)c1ccc(-c2ccc3sc4c(c3c2)CCC=C4)nc1. The summed E-state index contributed by atoms with van der Waals surface area (Å²) in [6.07, 6.45) is 8.97. The Morgan fingerprint density at radius 3 is 2.70 bits per heavy atom. The van der Waals surface area contributed by atoms with Crippen molar-refractivity contribution in [2.45, 2.75) is 32.5 Å². The van der Waals surface area contributed by atoms with E-state index in [-0.39, 0.29) is 0 Å². The molecule has 3 aromatic rings. The van der Waals surface area contributed by atoms with E-state index in [0.717, 1.165) is 18.5 Å². The third kappa shape index (κ3) is 2.68. The van der Waals surface area contributed by atoms with Crippen molar-refractivity contribution in [1.29, 1.82) is 0 Å². The topological polar surface area (TPSA) is 12.9 Å². The molecule has 0 aliphatic heterocycles. The highest BCUT2D eigenvalue weighted by Gasteiger charge is 2.17. The molecule has 3 heteroatoms. The fraction of sp³-hybridized carbons (Fsp3) is 0.250. The molecule has 0 saturated heterocycles. The Balaban J connectivity index is 1.78. The monoisotopic (exact) mass is 335 g/mol. The zero-order valence-corrected chi connectivity index (χ0v) is 15.7. The highest BCUT2D eigenvalue weighted by atomic mass is 32.1. The smallest absolute Gasteiger partial charge is 0.0796 e. The molecule has 0 amide bonds. The van der Waals surface area contributed by atoms with Crippen LogP contribution in [0.4, 0.5) is 0 Å². The average Bonchev–Trinajstić information content (AvgIpc) is 2.92. The third-order valence-electron chi connectivity index (χ3n) is 4.58. The highest BCUT2D eigenvalue weighted by Crippen LogP contribution is 2.37. The van der Waals surface area contributed by atoms with Crippen LogP contribution in [0.25, 0.3) is 27.4 Å². The van der Waals surface area contributed by atoms with Crippen LogP contribution in [0.1, 0.15) is 16.9 Å². The minimum absolute atomic E-state index is 1.08. The lowest BCUT2D eigenvalue weighted by atomic mass is 9.99. The summed E-state index contributed by atoms with van der Waals surface area (Å²) >= 11 is 1.91. The van der Waals surface area contributed by atoms with Crippen LogP contribution >= 0.6 is 11.3 Å². The van der Waals surface area contributed by atoms with Crippen LogP contribution in [-0.4, -0.2) is 13.1 Å². The van der Waals surface area contributed by atoms with Gasteiger partial charge in [-0.2, -0.15) is 0 Å². The number of hydrogen-bond acceptors (Lipinski definition) is 2. The van der Waals surface area contributed by atoms with Gasteiger partial charge in [-0.3, -0.25) is 4.98 Å². The fourth-order valence-electron chi connectivity index (χ4n) is 3.15. The standard InChI is InChI=1S/C20H21NSSi/c1-23(2,3)15-9-10-18(21-13-15)14-8-11-20-17(12-14)16-6-4-5-7-19(16)22-20/h5,7-13H,4,6H2,1-3H3. The maximum atomic E-state index is 4.74. The maximum Gasteiger partial charge on any atom is 0.0796 e. The first-order valence-corrected chi connectivity index (χ1v) is 12.5. The molecule has 0 fully saturated rings. The van der Waals surface area contributed by atoms with E-state index < -0.39 is 8.07 Å². The average molecular weight is 336 g/mol. The predicted molar refractivity (Wildman–Crippen MR) is 105 cm³/mol. The summed E-state index contributed by atoms with van der Waals surface area (Å²) in [7, 11) is -1.28. The summed E-state index contributed by atoms with van der Waals surface area (Å²) in [5, 5.41) is 2.84. The predicted octanol–water partition coefficient (Wildman–Crippen LogP) is 5.47. The van der Waals surface area contributed by atoms with Gasteiger partial charge in [-0.25, -0.2) is 0 Å². The molecule has 1 nitrogen and oxygen atoms in total. The van der Waals surface area contributed by atoms with Gasteiger partial charge < -0.3 is 0 Å². The quantitative estimate of drug-likeness (QED) is 0.566. The Hall–Kier alpha value is -1.71. The van der Waals surface area contributed by atoms with Gasteiger partial charge >= 0.3 is 0 Å². The Labute approximate surface area is 142 Å². The molecular formula is C20H21NSSi. The lowest BCUT2D eigenvalue weighted by molar-refractivity contribution is 1.01. The largest absolute Gasteiger partial charge is 0.256 e. The molecule has 2 aromatic heterocycles. The van der Waals surface area contributed by atoms with E-state index in [2.05, 4.69) is 68.3 Å². The van der Waals surface area contributed by atoms with Crippen LogP contribution in [0.2, 0.25) is 19.6 Å². The molecule has 1 aliphatic carbocycles. The molecule has 0 atom stereocenters. The van der Waals surface area contributed by atoms with Gasteiger partial charge in [-0.15, -0.1) is 11.3 Å². The molecule has 116 valence electrons. The van der Waals surface area contributed by atoms with Crippen LogP contribution in [0.3, 0.4) is 0 Å². The van der Waals surface area contributed by atoms with Crippen LogP contribution in [0.15, 0.2) is 42.6 Å². The van der Waals surface area contributed by atoms with E-state index >= 15 is 0 Å². The minimum atomic E-state index is -1.28. The summed E-state index contributed by atoms with van der Waals surface area (Å²) in [5.74, 6) is 0. The summed E-state index contributed by atoms with van der Waals surface area (Å²) in [6.45, 7) is 7.09. The summed E-state index contributed by atoms with van der Waals surface area (Å²) < 4.78 is 1.39. The van der Waals surface area contributed by atoms with Crippen molar-refractivity contribution in [3.05, 3.63) is 53.0 Å². The van der Waals surface area contributed by atoms with E-state index in [1.807, 2.05) is 11.3 Å². The number of thiophene rings is 1. The number of nitrogens with zero attached hydrogens (tertiary/aromatic N) is 1. The number of allylic oxidation sites excluding steroid dienone is 1. The van der Waals surface area contributed by atoms with Crippen molar-refractivity contribution < 1.29 is 0 Å². The molecule has 4 rings (SSSR count). The molecule has 0 spiro atoms. The molecule has 2 heterocycles. The van der Waals surface area contributed by atoms with Crippen molar-refractivity contribution in [2.75, 3.05) is 0 Å². The number of benzene rings is 1. The van der Waals surface area contributed by atoms with Gasteiger partial charge in [0.1, 0.15) is 0 Å². The van der Waals surface area contributed by atoms with Crippen molar-refractivity contribution >= 4 is 40.8 Å². The lowest BCUT2D eigenvalue weighted by Crippen LogP contribution is -2.37. The molecule has 0 radical (unpaired) electrons. The molecule has 23 heavy (non-hydrogen) atoms. The summed E-state index contributed by atoms with van der Waals surface area (Å²) in [4.78, 5) is 6.18. The van der Waals surface area contributed by atoms with Gasteiger partial charge in [0.05, 0.1) is 13.8 Å². The first-order chi connectivity index (χ1) is 11.0. The minimum Gasteiger partial charge on any atom is -0.256 e. The second-order valence-electron chi connectivity index (χ2n) is 7.28. The van der Waals surface area contributed by atoms with Gasteiger partial charge in [0.15, 0.2) is 0 Å². The van der Waals surface area contributed by atoms with Crippen molar-refractivity contribution in [1.82, 2.24) is 4.98 Å². The molecule has 0 N–H and O–H groups in total. The Morgan fingerprint density at radius 2 is 1.96 bits per heavy atom. The van der Waals surface area contributed by atoms with Crippen LogP contribution < -0.4 is 5.19 Å². The Bertz CT molecular complexity index is 898. The fourth-order valence-corrected chi connectivity index (χ4v) is 5.35. The normalized spacial score (nSPS) is 14.2. The van der Waals surface area contributed by atoms with Gasteiger partial charge in [0.25, 0.3) is 0 Å². The second-order valence-corrected chi connectivity index (χ2v) is 13.4. The first-order valence-electron chi connectivity index (χ1n) is 8.21. The number of aromatic nitrogens is 1. The third-order valence-corrected chi connectivity index (χ3v) is 7.78. The maximum absolute atomic E-state index is 4.74. The van der Waals surface area contributed by atoms with E-state index in [4.69, 9.17) is 4.98 Å².